The summed E-state index contributed by atoms with van der Waals surface area (Å²) >= 11 is 0. The van der Waals surface area contributed by atoms with Crippen LogP contribution in [-0.4, -0.2) is 59.1 Å². The van der Waals surface area contributed by atoms with Crippen LogP contribution in [0, 0.1) is 23.2 Å². The molecule has 0 aromatic carbocycles. The number of esters is 1. The van der Waals surface area contributed by atoms with Crippen LogP contribution < -0.4 is 5.32 Å². The van der Waals surface area contributed by atoms with Crippen molar-refractivity contribution in [3.05, 3.63) is 12.7 Å². The molecule has 0 unspecified atom stereocenters. The van der Waals surface area contributed by atoms with Gasteiger partial charge in [0.25, 0.3) is 5.91 Å². The molecule has 160 valence electrons. The molecule has 2 amide bonds. The second-order valence-corrected chi connectivity index (χ2v) is 9.67. The molecule has 1 heterocycles. The number of aliphatic hydroxyl groups is 1. The number of hydrogen-bond acceptors (Lipinski definition) is 5. The summed E-state index contributed by atoms with van der Waals surface area (Å²) in [5.41, 5.74) is -0.371. The minimum absolute atomic E-state index is 0.0128. The number of nitrogens with one attached hydrogen (secondary N) is 1. The standard InChI is InChI=1S/C22H32N2O5/c1-3-4-23-19(26)13(2)29-20(27)18-8-17(25)12-24(18)21(28)22-9-14-5-15(10-22)7-16(6-14)11-22/h3,13-18,25H,1,4-12H2,2H3,(H,23,26)/t13-,14?,15?,16?,17+,18-,22?/m0/s1. The SMILES string of the molecule is C=CCNC(=O)[C@H](C)OC(=O)[C@@H]1C[C@@H](O)CN1C(=O)C12CC3CC(CC(C3)C1)C2. The van der Waals surface area contributed by atoms with E-state index in [4.69, 9.17) is 4.74 Å². The lowest BCUT2D eigenvalue weighted by Gasteiger charge is -2.56. The Balaban J connectivity index is 1.45. The minimum Gasteiger partial charge on any atom is -0.451 e. The number of rotatable bonds is 6. The first kappa shape index (κ1) is 20.4. The van der Waals surface area contributed by atoms with Crippen LogP contribution in [0.3, 0.4) is 0 Å². The van der Waals surface area contributed by atoms with Gasteiger partial charge in [-0.1, -0.05) is 6.08 Å². The molecule has 5 aliphatic rings. The number of β-amino-alcohol motifs (C(OH)–C–C–N with tert-alkyl or cyclic N) is 1. The Labute approximate surface area is 171 Å². The van der Waals surface area contributed by atoms with Gasteiger partial charge in [0, 0.05) is 19.5 Å². The van der Waals surface area contributed by atoms with Gasteiger partial charge in [0.15, 0.2) is 6.10 Å². The summed E-state index contributed by atoms with van der Waals surface area (Å²) in [6, 6.07) is -0.819. The summed E-state index contributed by atoms with van der Waals surface area (Å²) in [5.74, 6) is 0.862. The third-order valence-corrected chi connectivity index (χ3v) is 7.39. The van der Waals surface area contributed by atoms with Crippen LogP contribution in [0.25, 0.3) is 0 Å². The maximum atomic E-state index is 13.6. The van der Waals surface area contributed by atoms with Crippen LogP contribution in [0.2, 0.25) is 0 Å². The van der Waals surface area contributed by atoms with Crippen LogP contribution in [0.5, 0.6) is 0 Å². The molecule has 4 bridgehead atoms. The van der Waals surface area contributed by atoms with Gasteiger partial charge in [0.1, 0.15) is 6.04 Å². The third-order valence-electron chi connectivity index (χ3n) is 7.39. The van der Waals surface area contributed by atoms with E-state index in [1.807, 2.05) is 0 Å². The first-order valence-electron chi connectivity index (χ1n) is 10.9. The zero-order valence-corrected chi connectivity index (χ0v) is 17.1. The quantitative estimate of drug-likeness (QED) is 0.515. The smallest absolute Gasteiger partial charge is 0.329 e. The molecule has 1 aliphatic heterocycles. The molecule has 7 heteroatoms. The lowest BCUT2D eigenvalue weighted by Crippen LogP contribution is -2.56. The van der Waals surface area contributed by atoms with Gasteiger partial charge in [-0.05, 0) is 63.2 Å². The van der Waals surface area contributed by atoms with Crippen LogP contribution >= 0.6 is 0 Å². The third kappa shape index (κ3) is 3.81. The number of ether oxygens (including phenoxy) is 1. The van der Waals surface area contributed by atoms with Crippen molar-refractivity contribution in [3.63, 3.8) is 0 Å². The van der Waals surface area contributed by atoms with Crippen LogP contribution in [0.4, 0.5) is 0 Å². The first-order valence-corrected chi connectivity index (χ1v) is 10.9. The molecule has 7 nitrogen and oxygen atoms in total. The van der Waals surface area contributed by atoms with Gasteiger partial charge in [-0.15, -0.1) is 6.58 Å². The zero-order chi connectivity index (χ0) is 20.8. The second-order valence-electron chi connectivity index (χ2n) is 9.67. The monoisotopic (exact) mass is 404 g/mol. The van der Waals surface area contributed by atoms with E-state index < -0.39 is 30.1 Å². The topological polar surface area (TPSA) is 95.9 Å². The van der Waals surface area contributed by atoms with E-state index in [1.54, 1.807) is 11.0 Å². The maximum Gasteiger partial charge on any atom is 0.329 e. The first-order chi connectivity index (χ1) is 13.8. The lowest BCUT2D eigenvalue weighted by molar-refractivity contribution is -0.168. The van der Waals surface area contributed by atoms with Crippen molar-refractivity contribution >= 4 is 17.8 Å². The summed E-state index contributed by atoms with van der Waals surface area (Å²) in [5, 5.41) is 12.8. The van der Waals surface area contributed by atoms with E-state index in [9.17, 15) is 19.5 Å². The van der Waals surface area contributed by atoms with Crippen molar-refractivity contribution in [2.45, 2.75) is 70.1 Å². The molecule has 2 N–H and O–H groups in total. The van der Waals surface area contributed by atoms with Gasteiger partial charge in [0.2, 0.25) is 5.91 Å². The number of carbonyl (C=O) groups excluding carboxylic acids is 3. The van der Waals surface area contributed by atoms with E-state index in [-0.39, 0.29) is 24.3 Å². The van der Waals surface area contributed by atoms with Crippen LogP contribution in [0.15, 0.2) is 12.7 Å². The molecule has 4 aliphatic carbocycles. The van der Waals surface area contributed by atoms with Gasteiger partial charge < -0.3 is 20.1 Å². The highest BCUT2D eigenvalue weighted by molar-refractivity contribution is 5.90. The fourth-order valence-electron chi connectivity index (χ4n) is 6.56. The van der Waals surface area contributed by atoms with Gasteiger partial charge in [0.05, 0.1) is 11.5 Å². The molecule has 1 saturated heterocycles. The van der Waals surface area contributed by atoms with Gasteiger partial charge in [-0.25, -0.2) is 4.79 Å². The van der Waals surface area contributed by atoms with Crippen molar-refractivity contribution in [3.8, 4) is 0 Å². The zero-order valence-electron chi connectivity index (χ0n) is 17.1. The number of amides is 2. The molecule has 0 aromatic heterocycles. The summed E-state index contributed by atoms with van der Waals surface area (Å²) in [6.07, 6.45) is 6.44. The number of aliphatic hydroxyl groups excluding tert-OH is 1. The molecule has 5 fully saturated rings. The number of hydrogen-bond donors (Lipinski definition) is 2. The highest BCUT2D eigenvalue weighted by Crippen LogP contribution is 2.60. The molecule has 0 spiro atoms. The Morgan fingerprint density at radius 2 is 1.76 bits per heavy atom. The van der Waals surface area contributed by atoms with Crippen molar-refractivity contribution < 1.29 is 24.2 Å². The van der Waals surface area contributed by atoms with Gasteiger partial charge in [-0.2, -0.15) is 0 Å². The predicted molar refractivity (Wildman–Crippen MR) is 105 cm³/mol. The van der Waals surface area contributed by atoms with Crippen LogP contribution in [0.1, 0.15) is 51.9 Å². The minimum atomic E-state index is -0.961. The predicted octanol–water partition coefficient (Wildman–Crippen LogP) is 1.40. The second kappa shape index (κ2) is 7.74. The Kier molecular flexibility index (Phi) is 5.44. The van der Waals surface area contributed by atoms with E-state index in [1.165, 1.54) is 26.2 Å². The van der Waals surface area contributed by atoms with Gasteiger partial charge >= 0.3 is 5.97 Å². The van der Waals surface area contributed by atoms with Crippen molar-refractivity contribution in [2.75, 3.05) is 13.1 Å². The number of likely N-dealkylation sites (tertiary alicyclic amines) is 1. The average molecular weight is 405 g/mol. The Morgan fingerprint density at radius 3 is 2.31 bits per heavy atom. The fraction of sp³-hybridized carbons (Fsp3) is 0.773. The Morgan fingerprint density at radius 1 is 1.17 bits per heavy atom. The molecule has 0 aromatic rings. The number of nitrogens with zero attached hydrogens (tertiary/aromatic N) is 1. The average Bonchev–Trinajstić information content (AvgIpc) is 3.06. The van der Waals surface area contributed by atoms with E-state index in [2.05, 4.69) is 11.9 Å². The highest BCUT2D eigenvalue weighted by Gasteiger charge is 2.57. The molecule has 5 rings (SSSR count). The molecule has 29 heavy (non-hydrogen) atoms. The van der Waals surface area contributed by atoms with E-state index in [0.717, 1.165) is 19.3 Å². The summed E-state index contributed by atoms with van der Waals surface area (Å²) in [4.78, 5) is 40.0. The van der Waals surface area contributed by atoms with E-state index in [0.29, 0.717) is 24.3 Å². The summed E-state index contributed by atoms with van der Waals surface area (Å²) in [6.45, 7) is 5.50. The molecule has 0 radical (unpaired) electrons. The van der Waals surface area contributed by atoms with Gasteiger partial charge in [-0.3, -0.25) is 9.59 Å². The largest absolute Gasteiger partial charge is 0.451 e. The van der Waals surface area contributed by atoms with Crippen molar-refractivity contribution in [1.82, 2.24) is 10.2 Å². The molecule has 3 atom stereocenters. The molecular weight excluding hydrogens is 372 g/mol. The lowest BCUT2D eigenvalue weighted by atomic mass is 9.49. The van der Waals surface area contributed by atoms with E-state index >= 15 is 0 Å². The van der Waals surface area contributed by atoms with Crippen molar-refractivity contribution in [2.24, 2.45) is 23.2 Å². The Bertz CT molecular complexity index is 670. The summed E-state index contributed by atoms with van der Waals surface area (Å²) < 4.78 is 5.35. The van der Waals surface area contributed by atoms with Crippen LogP contribution in [-0.2, 0) is 19.1 Å². The normalized spacial score (nSPS) is 38.6. The van der Waals surface area contributed by atoms with Crippen molar-refractivity contribution in [1.29, 1.82) is 0 Å². The molecule has 4 saturated carbocycles. The summed E-state index contributed by atoms with van der Waals surface area (Å²) in [7, 11) is 0. The number of carbonyl (C=O) groups is 3. The fourth-order valence-corrected chi connectivity index (χ4v) is 6.56. The maximum absolute atomic E-state index is 13.6. The highest BCUT2D eigenvalue weighted by atomic mass is 16.5. The molecular formula is C22H32N2O5. The Hall–Kier alpha value is -1.89.